The van der Waals surface area contributed by atoms with Crippen LogP contribution in [0.1, 0.15) is 33.8 Å². The van der Waals surface area contributed by atoms with Crippen LogP contribution in [-0.4, -0.2) is 25.9 Å². The van der Waals surface area contributed by atoms with Gasteiger partial charge in [0.2, 0.25) is 0 Å². The summed E-state index contributed by atoms with van der Waals surface area (Å²) in [5.74, 6) is 0.216. The minimum atomic E-state index is -3.81. The zero-order valence-electron chi connectivity index (χ0n) is 12.6. The van der Waals surface area contributed by atoms with Crippen molar-refractivity contribution in [1.82, 2.24) is 5.16 Å². The van der Waals surface area contributed by atoms with Crippen LogP contribution in [0.25, 0.3) is 0 Å². The van der Waals surface area contributed by atoms with Gasteiger partial charge in [0.1, 0.15) is 5.69 Å². The van der Waals surface area contributed by atoms with Crippen LogP contribution in [0, 0.1) is 20.8 Å². The normalized spacial score (nSPS) is 15.0. The number of carbonyl (C=O) groups is 1. The lowest BCUT2D eigenvalue weighted by Gasteiger charge is -2.31. The fourth-order valence-corrected chi connectivity index (χ4v) is 4.70. The van der Waals surface area contributed by atoms with Gasteiger partial charge in [0.15, 0.2) is 16.4 Å². The average molecular weight is 320 g/mol. The highest BCUT2D eigenvalue weighted by Gasteiger charge is 2.36. The van der Waals surface area contributed by atoms with Gasteiger partial charge in [0.25, 0.3) is 10.0 Å². The molecule has 1 aliphatic heterocycles. The molecule has 0 bridgehead atoms. The smallest absolute Gasteiger partial charge is 0.269 e. The molecule has 6 nitrogen and oxygen atoms in total. The summed E-state index contributed by atoms with van der Waals surface area (Å²) in [6.07, 6.45) is 0.166. The third-order valence-corrected chi connectivity index (χ3v) is 5.89. The van der Waals surface area contributed by atoms with Crippen molar-refractivity contribution in [2.75, 3.05) is 10.8 Å². The van der Waals surface area contributed by atoms with Crippen molar-refractivity contribution in [2.24, 2.45) is 0 Å². The molecule has 0 atom stereocenters. The number of aryl methyl sites for hydroxylation is 3. The van der Waals surface area contributed by atoms with Gasteiger partial charge >= 0.3 is 0 Å². The van der Waals surface area contributed by atoms with Crippen LogP contribution in [0.5, 0.6) is 0 Å². The summed E-state index contributed by atoms with van der Waals surface area (Å²) in [7, 11) is -3.81. The minimum absolute atomic E-state index is 0.0380. The fourth-order valence-electron chi connectivity index (χ4n) is 2.86. The molecule has 0 saturated carbocycles. The highest BCUT2D eigenvalue weighted by Crippen LogP contribution is 2.36. The van der Waals surface area contributed by atoms with E-state index in [2.05, 4.69) is 5.16 Å². The largest absolute Gasteiger partial charge is 0.360 e. The minimum Gasteiger partial charge on any atom is -0.360 e. The van der Waals surface area contributed by atoms with Crippen molar-refractivity contribution in [3.8, 4) is 0 Å². The Morgan fingerprint density at radius 3 is 2.59 bits per heavy atom. The molecule has 0 spiro atoms. The van der Waals surface area contributed by atoms with Crippen molar-refractivity contribution in [3.63, 3.8) is 0 Å². The number of rotatable bonds is 2. The predicted molar refractivity (Wildman–Crippen MR) is 80.6 cm³/mol. The Morgan fingerprint density at radius 1 is 1.23 bits per heavy atom. The Hall–Kier alpha value is -2.15. The number of carbonyl (C=O) groups excluding carboxylic acids is 1. The van der Waals surface area contributed by atoms with Gasteiger partial charge in [0.05, 0.1) is 5.69 Å². The average Bonchev–Trinajstić information content (AvgIpc) is 2.80. The molecule has 22 heavy (non-hydrogen) atoms. The Kier molecular flexibility index (Phi) is 3.32. The highest BCUT2D eigenvalue weighted by molar-refractivity contribution is 7.93. The van der Waals surface area contributed by atoms with Crippen molar-refractivity contribution in [3.05, 3.63) is 40.8 Å². The van der Waals surface area contributed by atoms with E-state index < -0.39 is 10.0 Å². The molecule has 0 aliphatic carbocycles. The van der Waals surface area contributed by atoms with Gasteiger partial charge in [0, 0.05) is 18.5 Å². The van der Waals surface area contributed by atoms with Gasteiger partial charge in [-0.3, -0.25) is 9.10 Å². The number of Topliss-reactive ketones (excluding diaryl/α,β-unsaturated/α-hetero) is 1. The van der Waals surface area contributed by atoms with Gasteiger partial charge < -0.3 is 4.52 Å². The Morgan fingerprint density at radius 2 is 1.95 bits per heavy atom. The van der Waals surface area contributed by atoms with Crippen LogP contribution in [0.2, 0.25) is 0 Å². The van der Waals surface area contributed by atoms with E-state index >= 15 is 0 Å². The summed E-state index contributed by atoms with van der Waals surface area (Å²) in [4.78, 5) is 12.2. The van der Waals surface area contributed by atoms with E-state index in [1.54, 1.807) is 39.0 Å². The molecule has 0 radical (unpaired) electrons. The number of sulfonamides is 1. The Labute approximate surface area is 128 Å². The Bertz CT molecular complexity index is 848. The van der Waals surface area contributed by atoms with Crippen LogP contribution < -0.4 is 4.31 Å². The van der Waals surface area contributed by atoms with E-state index in [4.69, 9.17) is 4.52 Å². The molecule has 1 aromatic carbocycles. The monoisotopic (exact) mass is 320 g/mol. The molecule has 0 saturated heterocycles. The molecule has 3 rings (SSSR count). The van der Waals surface area contributed by atoms with Crippen molar-refractivity contribution >= 4 is 21.5 Å². The van der Waals surface area contributed by atoms with E-state index in [9.17, 15) is 13.2 Å². The topological polar surface area (TPSA) is 80.5 Å². The molecule has 7 heteroatoms. The number of hydrogen-bond acceptors (Lipinski definition) is 5. The number of para-hydroxylation sites is 1. The SMILES string of the molecule is Cc1cccc2c1N(S(=O)(=O)c1c(C)noc1C)CCC2=O. The number of hydrogen-bond donors (Lipinski definition) is 0. The van der Waals surface area contributed by atoms with E-state index in [1.165, 1.54) is 4.31 Å². The third-order valence-electron chi connectivity index (χ3n) is 3.85. The maximum absolute atomic E-state index is 13.0. The summed E-state index contributed by atoms with van der Waals surface area (Å²) >= 11 is 0. The molecular weight excluding hydrogens is 304 g/mol. The van der Waals surface area contributed by atoms with E-state index in [1.807, 2.05) is 0 Å². The molecule has 0 fully saturated rings. The van der Waals surface area contributed by atoms with E-state index in [0.717, 1.165) is 5.56 Å². The number of anilines is 1. The zero-order chi connectivity index (χ0) is 16.1. The summed E-state index contributed by atoms with van der Waals surface area (Å²) < 4.78 is 32.3. The second-order valence-electron chi connectivity index (χ2n) is 5.37. The lowest BCUT2D eigenvalue weighted by Crippen LogP contribution is -2.38. The van der Waals surface area contributed by atoms with E-state index in [0.29, 0.717) is 16.9 Å². The lowest BCUT2D eigenvalue weighted by molar-refractivity contribution is 0.0982. The summed E-state index contributed by atoms with van der Waals surface area (Å²) in [5.41, 5.74) is 1.98. The number of ketones is 1. The molecule has 1 aromatic heterocycles. The van der Waals surface area contributed by atoms with Crippen LogP contribution in [0.15, 0.2) is 27.6 Å². The quantitative estimate of drug-likeness (QED) is 0.848. The summed E-state index contributed by atoms with van der Waals surface area (Å²) in [6, 6.07) is 5.23. The van der Waals surface area contributed by atoms with Crippen molar-refractivity contribution in [1.29, 1.82) is 0 Å². The second-order valence-corrected chi connectivity index (χ2v) is 7.17. The van der Waals surface area contributed by atoms with Crippen LogP contribution in [0.4, 0.5) is 5.69 Å². The van der Waals surface area contributed by atoms with Gasteiger partial charge in [-0.05, 0) is 32.4 Å². The highest BCUT2D eigenvalue weighted by atomic mass is 32.2. The number of aromatic nitrogens is 1. The van der Waals surface area contributed by atoms with Crippen LogP contribution >= 0.6 is 0 Å². The standard InChI is InChI=1S/C15H16N2O4S/c1-9-5-4-6-12-13(18)7-8-17(14(9)12)22(19,20)15-10(2)16-21-11(15)3/h4-6H,7-8H2,1-3H3. The van der Waals surface area contributed by atoms with Gasteiger partial charge in [-0.2, -0.15) is 0 Å². The number of fused-ring (bicyclic) bond motifs is 1. The molecular formula is C15H16N2O4S. The van der Waals surface area contributed by atoms with Crippen LogP contribution in [-0.2, 0) is 10.0 Å². The van der Waals surface area contributed by atoms with Gasteiger partial charge in [-0.15, -0.1) is 0 Å². The molecule has 0 amide bonds. The van der Waals surface area contributed by atoms with Crippen molar-refractivity contribution in [2.45, 2.75) is 32.1 Å². The van der Waals surface area contributed by atoms with Crippen molar-refractivity contribution < 1.29 is 17.7 Å². The summed E-state index contributed by atoms with van der Waals surface area (Å²) in [6.45, 7) is 5.09. The first-order chi connectivity index (χ1) is 10.3. The molecule has 2 heterocycles. The third kappa shape index (κ3) is 2.04. The predicted octanol–water partition coefficient (Wildman–Crippen LogP) is 2.38. The number of benzene rings is 1. The lowest BCUT2D eigenvalue weighted by atomic mass is 9.99. The fraction of sp³-hybridized carbons (Fsp3) is 0.333. The van der Waals surface area contributed by atoms with E-state index in [-0.39, 0.29) is 29.4 Å². The molecule has 2 aromatic rings. The molecule has 1 aliphatic rings. The molecule has 116 valence electrons. The van der Waals surface area contributed by atoms with Gasteiger partial charge in [-0.25, -0.2) is 8.42 Å². The first kappa shape index (κ1) is 14.8. The zero-order valence-corrected chi connectivity index (χ0v) is 13.4. The maximum atomic E-state index is 13.0. The van der Waals surface area contributed by atoms with Crippen LogP contribution in [0.3, 0.4) is 0 Å². The first-order valence-corrected chi connectivity index (χ1v) is 8.36. The molecule has 0 N–H and O–H groups in total. The summed E-state index contributed by atoms with van der Waals surface area (Å²) in [5, 5.41) is 3.72. The van der Waals surface area contributed by atoms with Gasteiger partial charge in [-0.1, -0.05) is 17.3 Å². The maximum Gasteiger partial charge on any atom is 0.269 e. The first-order valence-electron chi connectivity index (χ1n) is 6.92. The number of nitrogens with zero attached hydrogens (tertiary/aromatic N) is 2. The second kappa shape index (κ2) is 4.95. The molecule has 0 unspecified atom stereocenters. The Balaban J connectivity index is 2.23.